The number of carboxylic acids is 1. The topological polar surface area (TPSA) is 366 Å². The number of aliphatic hydroxyl groups is 1. The van der Waals surface area contributed by atoms with Crippen LogP contribution in [0.25, 0.3) is 90.0 Å². The van der Waals surface area contributed by atoms with Gasteiger partial charge in [0.25, 0.3) is 23.6 Å². The molecule has 4 aliphatic rings. The van der Waals surface area contributed by atoms with Crippen LogP contribution in [0.4, 0.5) is 27.2 Å². The average Bonchev–Trinajstić information content (AvgIpc) is 1.63. The number of carboxylic acid groups (broad SMARTS) is 1. The van der Waals surface area contributed by atoms with E-state index in [1.54, 1.807) is 86.3 Å². The van der Waals surface area contributed by atoms with Crippen LogP contribution in [-0.2, 0) is 14.3 Å². The Bertz CT molecular complexity index is 6560. The summed E-state index contributed by atoms with van der Waals surface area (Å²) >= 11 is 9.54. The fraction of sp³-hybridized carbons (Fsp3) is 0.486. The number of piperidine rings is 1. The normalized spacial score (nSPS) is 15.6. The zero-order valence-corrected chi connectivity index (χ0v) is 100. The second-order valence-electron chi connectivity index (χ2n) is 43.1. The Kier molecular flexibility index (Phi) is 43.7. The Morgan fingerprint density at radius 3 is 0.980 bits per heavy atom. The molecule has 147 heavy (non-hydrogen) atoms. The van der Waals surface area contributed by atoms with Crippen LogP contribution in [0.1, 0.15) is 288 Å². The maximum atomic E-state index is 13.6. The third-order valence-electron chi connectivity index (χ3n) is 24.0. The van der Waals surface area contributed by atoms with Crippen LogP contribution in [0.3, 0.4) is 0 Å². The van der Waals surface area contributed by atoms with Crippen LogP contribution >= 0.6 is 98.4 Å². The molecule has 3 N–H and O–H groups in total. The van der Waals surface area contributed by atoms with Gasteiger partial charge in [0.15, 0.2) is 62.9 Å². The van der Waals surface area contributed by atoms with Gasteiger partial charge in [-0.3, -0.25) is 19.2 Å². The zero-order valence-electron chi connectivity index (χ0n) is 87.1. The van der Waals surface area contributed by atoms with Crippen LogP contribution in [0.2, 0.25) is 0 Å². The summed E-state index contributed by atoms with van der Waals surface area (Å²) in [7, 11) is 0. The first-order valence-electron chi connectivity index (χ1n) is 47.9. The van der Waals surface area contributed by atoms with Gasteiger partial charge in [-0.1, -0.05) is 97.4 Å². The Hall–Kier alpha value is -8.73. The number of aliphatic hydroxyl groups excluding tert-OH is 1. The van der Waals surface area contributed by atoms with E-state index >= 15 is 0 Å². The van der Waals surface area contributed by atoms with Gasteiger partial charge in [-0.25, -0.2) is 71.8 Å². The number of carbonyl (C=O) groups excluding carboxylic acids is 6. The Morgan fingerprint density at radius 2 is 0.707 bits per heavy atom. The number of aromatic carboxylic acids is 1. The predicted molar refractivity (Wildman–Crippen MR) is 604 cm³/mol. The molecule has 16 rings (SSSR count). The number of piperazine rings is 3. The van der Waals surface area contributed by atoms with Crippen molar-refractivity contribution >= 4 is 185 Å². The standard InChI is InChI=1S/C29H37FN4O4.C27H33FN4O4.C22H25FN4O2.C16H13FN2O3.C12H23NO2.CH4.I3.I2.HI/c1-17(2)23-24-20(31-25(32-23)18-8-10-19(30)11-9-18)14-22(38-24)27(37)34-13-12-33(16-29(34,6)7)26(36)21(35)15-28(3,4)5;1-16(2)21-22-19(29-23(30-21)17-8-10-18(28)11-9-17)14-20(35-22)24(33)32-13-12-31(15-27(32,6)7)25(34)36-26(3,4)5;1-13(2)18-19-16(25-20(26-18)14-5-7-15(23)8-6-14)11-17(29-19)21(28)27-10-9-24-12-22(27,3)4;1-8(2)13-14-11(7-12(22-14)16(20)21)18-15(19-13)9-3-5-10(17)6-4-9;1-11(2,3)15-10(14)13-8-6-7-12(4,5)9-13;;1-3-2;1-2;/h8-11,14,17,21,35H,12-13,15-16H2,1-7H3;8-11,14,16H,12-13,15H2,1-7H3;5-8,11,13,24H,9-10,12H2,1-4H3;3-8H,1-2H3,(H,20,21);6-9H2,1-5H3;1H4;;;1H/q;;;;;;-1;;/t21-;;;;;;;;/m1......../s1. The van der Waals surface area contributed by atoms with E-state index in [2.05, 4.69) is 133 Å². The molecule has 12 heterocycles. The van der Waals surface area contributed by atoms with Crippen molar-refractivity contribution in [2.75, 3.05) is 72.0 Å². The molecule has 0 aliphatic carbocycles. The van der Waals surface area contributed by atoms with E-state index in [9.17, 15) is 56.2 Å². The van der Waals surface area contributed by atoms with Crippen molar-refractivity contribution in [3.8, 4) is 45.6 Å². The van der Waals surface area contributed by atoms with Crippen molar-refractivity contribution in [1.29, 1.82) is 0 Å². The molecule has 40 heteroatoms. The van der Waals surface area contributed by atoms with Gasteiger partial charge in [-0.2, -0.15) is 0 Å². The summed E-state index contributed by atoms with van der Waals surface area (Å²) in [6, 6.07) is 30.1. The number of nitrogens with one attached hydrogen (secondary N) is 1. The molecule has 4 aliphatic heterocycles. The fourth-order valence-electron chi connectivity index (χ4n) is 17.0. The second-order valence-corrected chi connectivity index (χ2v) is 59.4. The molecule has 8 aromatic heterocycles. The SMILES string of the molecule is C.CC(C)c1nc(-c2ccc(F)cc2)nc2cc(C(=O)N3CCN(C(=O)OC(C)(C)C)CC3(C)C)oc12.CC(C)c1nc(-c2ccc(F)cc2)nc2cc(C(=O)N3CCN(C(=O)[C@H](O)CC(C)(C)C)CC3(C)C)oc12.CC(C)c1nc(-c2ccc(F)cc2)nc2cc(C(=O)N3CCNCC3(C)C)oc12.CC(C)c1nc(-c2ccc(F)cc2)nc2cc(C(=O)O)oc12.CC1(C)CCCN(C(=O)OC(C)(C)C)C1.I.II.I[I-]I. The molecule has 4 aromatic carbocycles. The molecule has 1 atom stereocenters. The first kappa shape index (κ1) is 123. The molecule has 0 spiro atoms. The van der Waals surface area contributed by atoms with Crippen LogP contribution in [0.15, 0.2) is 139 Å². The molecule has 4 saturated heterocycles. The molecular weight excluding hydrogens is 2570 g/mol. The number of likely N-dealkylation sites (tertiary alicyclic amines) is 1. The van der Waals surface area contributed by atoms with Crippen LogP contribution in [0, 0.1) is 34.1 Å². The van der Waals surface area contributed by atoms with Gasteiger partial charge < -0.3 is 72.1 Å². The molecule has 12 aromatic rings. The number of hydrogen-bond donors (Lipinski definition) is 3. The molecule has 0 unspecified atom stereocenters. The van der Waals surface area contributed by atoms with Crippen molar-refractivity contribution < 1.29 is 102 Å². The van der Waals surface area contributed by atoms with Crippen LogP contribution in [-0.4, -0.2) is 227 Å². The van der Waals surface area contributed by atoms with Crippen molar-refractivity contribution in [2.24, 2.45) is 10.8 Å². The number of nitrogens with zero attached hydrogens (tertiary/aromatic N) is 14. The number of fused-ring (bicyclic) bond motifs is 4. The molecule has 30 nitrogen and oxygen atoms in total. The van der Waals surface area contributed by atoms with E-state index in [1.807, 2.05) is 169 Å². The summed E-state index contributed by atoms with van der Waals surface area (Å²) in [5.74, 6) is -1.24. The summed E-state index contributed by atoms with van der Waals surface area (Å²) in [6.07, 6.45) is 0.987. The number of carbonyl (C=O) groups is 7. The average molecular weight is 2710 g/mol. The van der Waals surface area contributed by atoms with E-state index in [1.165, 1.54) is 61.0 Å². The summed E-state index contributed by atoms with van der Waals surface area (Å²) < 4.78 is 87.5. The minimum atomic E-state index is -1.16. The van der Waals surface area contributed by atoms with Crippen molar-refractivity contribution in [3.05, 3.63) is 190 Å². The molecule has 800 valence electrons. The Labute approximate surface area is 927 Å². The van der Waals surface area contributed by atoms with Crippen molar-refractivity contribution in [2.45, 2.75) is 257 Å². The second kappa shape index (κ2) is 52.1. The summed E-state index contributed by atoms with van der Waals surface area (Å²) in [6.45, 7) is 54.7. The molecule has 4 fully saturated rings. The van der Waals surface area contributed by atoms with E-state index < -0.39 is 40.4 Å². The van der Waals surface area contributed by atoms with Gasteiger partial charge in [0.2, 0.25) is 5.76 Å². The minimum absolute atomic E-state index is 0. The van der Waals surface area contributed by atoms with E-state index in [4.69, 9.17) is 32.2 Å². The summed E-state index contributed by atoms with van der Waals surface area (Å²) in [5.41, 5.74) is 6.68. The number of hydrogen-bond acceptors (Lipinski definition) is 23. The number of aromatic nitrogens is 8. The Balaban J connectivity index is 0.000000227. The maximum absolute atomic E-state index is 13.6. The third kappa shape index (κ3) is 32.9. The molecular formula is C107H136F4I6N15O15-. The number of furan rings is 4. The number of rotatable bonds is 14. The molecule has 6 amide bonds. The predicted octanol–water partition coefficient (Wildman–Crippen LogP) is 23.3. The number of halogens is 10. The molecule has 0 radical (unpaired) electrons. The third-order valence-corrected chi connectivity index (χ3v) is 24.0. The van der Waals surface area contributed by atoms with Crippen molar-refractivity contribution in [1.82, 2.24) is 74.6 Å². The van der Waals surface area contributed by atoms with Gasteiger partial charge in [0.1, 0.15) is 62.6 Å². The number of amides is 6. The first-order valence-corrected chi connectivity index (χ1v) is 66.7. The molecule has 0 bridgehead atoms. The van der Waals surface area contributed by atoms with E-state index in [0.29, 0.717) is 173 Å². The first-order chi connectivity index (χ1) is 67.7. The van der Waals surface area contributed by atoms with Crippen LogP contribution < -0.4 is 18.6 Å². The van der Waals surface area contributed by atoms with Gasteiger partial charge in [0.05, 0.1) is 39.4 Å². The monoisotopic (exact) mass is 2710 g/mol. The van der Waals surface area contributed by atoms with Gasteiger partial charge in [0, 0.05) is 156 Å². The number of ether oxygens (including phenoxy) is 2. The van der Waals surface area contributed by atoms with E-state index in [-0.39, 0.29) is 147 Å². The zero-order chi connectivity index (χ0) is 107. The molecule has 0 saturated carbocycles. The Morgan fingerprint density at radius 1 is 0.429 bits per heavy atom. The van der Waals surface area contributed by atoms with E-state index in [0.717, 1.165) is 38.3 Å². The fourth-order valence-corrected chi connectivity index (χ4v) is 17.0. The van der Waals surface area contributed by atoms with Gasteiger partial charge in [-0.05, 0) is 234 Å². The van der Waals surface area contributed by atoms with Crippen molar-refractivity contribution in [3.63, 3.8) is 0 Å². The quantitative estimate of drug-likeness (QED) is 0.0672. The van der Waals surface area contributed by atoms with Crippen LogP contribution in [0.5, 0.6) is 0 Å². The van der Waals surface area contributed by atoms with Gasteiger partial charge >= 0.3 is 68.6 Å². The summed E-state index contributed by atoms with van der Waals surface area (Å²) in [5, 5.41) is 22.8. The number of benzene rings is 4. The van der Waals surface area contributed by atoms with Gasteiger partial charge in [-0.15, -0.1) is 24.0 Å². The summed E-state index contributed by atoms with van der Waals surface area (Å²) in [4.78, 5) is 136.